The summed E-state index contributed by atoms with van der Waals surface area (Å²) in [5.41, 5.74) is 0. The molecule has 0 spiro atoms. The molecule has 0 fully saturated rings. The number of hydrogen-bond acceptors (Lipinski definition) is 3. The van der Waals surface area contributed by atoms with Crippen LogP contribution in [-0.4, -0.2) is 38.3 Å². The second-order valence-electron chi connectivity index (χ2n) is 4.56. The SMILES string of the molecule is CC(C)NC(=O)CN(C)S(=O)(=O)c1ccc(F)cc1Br. The number of benzene rings is 1. The Balaban J connectivity index is 2.95. The van der Waals surface area contributed by atoms with E-state index in [2.05, 4.69) is 21.2 Å². The number of halogens is 2. The molecule has 0 aliphatic rings. The first-order valence-electron chi connectivity index (χ1n) is 5.85. The third-order valence-electron chi connectivity index (χ3n) is 2.40. The Kier molecular flexibility index (Phi) is 5.67. The molecule has 0 bridgehead atoms. The zero-order valence-corrected chi connectivity index (χ0v) is 13.8. The summed E-state index contributed by atoms with van der Waals surface area (Å²) in [7, 11) is -2.56. The van der Waals surface area contributed by atoms with Crippen LogP contribution in [0.4, 0.5) is 4.39 Å². The Hall–Kier alpha value is -0.990. The highest BCUT2D eigenvalue weighted by atomic mass is 79.9. The highest BCUT2D eigenvalue weighted by molar-refractivity contribution is 9.10. The number of hydrogen-bond donors (Lipinski definition) is 1. The van der Waals surface area contributed by atoms with Crippen molar-refractivity contribution in [2.75, 3.05) is 13.6 Å². The van der Waals surface area contributed by atoms with Gasteiger partial charge in [-0.15, -0.1) is 0 Å². The number of carbonyl (C=O) groups excluding carboxylic acids is 1. The van der Waals surface area contributed by atoms with Gasteiger partial charge in [0.1, 0.15) is 5.82 Å². The van der Waals surface area contributed by atoms with Gasteiger partial charge in [0.25, 0.3) is 0 Å². The molecule has 0 aliphatic carbocycles. The summed E-state index contributed by atoms with van der Waals surface area (Å²) in [6.07, 6.45) is 0. The number of sulfonamides is 1. The first-order valence-corrected chi connectivity index (χ1v) is 8.08. The monoisotopic (exact) mass is 366 g/mol. The van der Waals surface area contributed by atoms with E-state index in [0.29, 0.717) is 0 Å². The Bertz CT molecular complexity index is 605. The van der Waals surface area contributed by atoms with Crippen LogP contribution in [0.25, 0.3) is 0 Å². The maximum Gasteiger partial charge on any atom is 0.244 e. The van der Waals surface area contributed by atoms with Gasteiger partial charge < -0.3 is 5.32 Å². The van der Waals surface area contributed by atoms with E-state index in [1.807, 2.05) is 0 Å². The predicted molar refractivity (Wildman–Crippen MR) is 77.2 cm³/mol. The number of nitrogens with zero attached hydrogens (tertiary/aromatic N) is 1. The molecule has 0 unspecified atom stereocenters. The molecule has 0 radical (unpaired) electrons. The molecule has 0 heterocycles. The van der Waals surface area contributed by atoms with Crippen LogP contribution in [0.1, 0.15) is 13.8 Å². The zero-order valence-electron chi connectivity index (χ0n) is 11.4. The first-order chi connectivity index (χ1) is 9.14. The molecule has 20 heavy (non-hydrogen) atoms. The predicted octanol–water partition coefficient (Wildman–Crippen LogP) is 1.73. The van der Waals surface area contributed by atoms with Crippen LogP contribution in [0.3, 0.4) is 0 Å². The minimum Gasteiger partial charge on any atom is -0.353 e. The lowest BCUT2D eigenvalue weighted by atomic mass is 10.3. The summed E-state index contributed by atoms with van der Waals surface area (Å²) in [6.45, 7) is 3.26. The smallest absolute Gasteiger partial charge is 0.244 e. The van der Waals surface area contributed by atoms with E-state index in [1.54, 1.807) is 13.8 Å². The molecule has 5 nitrogen and oxygen atoms in total. The van der Waals surface area contributed by atoms with Gasteiger partial charge >= 0.3 is 0 Å². The second-order valence-corrected chi connectivity index (χ2v) is 7.43. The van der Waals surface area contributed by atoms with Crippen LogP contribution in [-0.2, 0) is 14.8 Å². The minimum atomic E-state index is -3.86. The maximum atomic E-state index is 13.0. The van der Waals surface area contributed by atoms with Crippen molar-refractivity contribution in [2.24, 2.45) is 0 Å². The number of nitrogens with one attached hydrogen (secondary N) is 1. The van der Waals surface area contributed by atoms with Gasteiger partial charge in [-0.05, 0) is 48.0 Å². The topological polar surface area (TPSA) is 66.5 Å². The molecule has 1 aromatic carbocycles. The highest BCUT2D eigenvalue weighted by Crippen LogP contribution is 2.25. The van der Waals surface area contributed by atoms with Crippen molar-refractivity contribution in [1.29, 1.82) is 0 Å². The van der Waals surface area contributed by atoms with Crippen LogP contribution in [0.5, 0.6) is 0 Å². The minimum absolute atomic E-state index is 0.0730. The molecule has 1 N–H and O–H groups in total. The van der Waals surface area contributed by atoms with Gasteiger partial charge in [-0.25, -0.2) is 12.8 Å². The lowest BCUT2D eigenvalue weighted by molar-refractivity contribution is -0.121. The van der Waals surface area contributed by atoms with E-state index in [-0.39, 0.29) is 22.0 Å². The maximum absolute atomic E-state index is 13.0. The summed E-state index contributed by atoms with van der Waals surface area (Å²) < 4.78 is 38.6. The molecule has 1 aromatic rings. The number of likely N-dealkylation sites (N-methyl/N-ethyl adjacent to an activating group) is 1. The van der Waals surface area contributed by atoms with Gasteiger partial charge in [0.15, 0.2) is 0 Å². The summed E-state index contributed by atoms with van der Waals surface area (Å²) in [5, 5.41) is 2.60. The largest absolute Gasteiger partial charge is 0.353 e. The quantitative estimate of drug-likeness (QED) is 0.862. The van der Waals surface area contributed by atoms with Crippen LogP contribution in [0.15, 0.2) is 27.6 Å². The lowest BCUT2D eigenvalue weighted by Crippen LogP contribution is -2.40. The van der Waals surface area contributed by atoms with E-state index in [9.17, 15) is 17.6 Å². The molecule has 0 aliphatic heterocycles. The molecule has 8 heteroatoms. The summed E-state index contributed by atoms with van der Waals surface area (Å²) in [4.78, 5) is 11.5. The molecular weight excluding hydrogens is 351 g/mol. The Labute approximate surface area is 126 Å². The van der Waals surface area contributed by atoms with Crippen molar-refractivity contribution in [3.05, 3.63) is 28.5 Å². The first kappa shape index (κ1) is 17.1. The van der Waals surface area contributed by atoms with Gasteiger partial charge in [-0.1, -0.05) is 0 Å². The molecule has 0 saturated carbocycles. The van der Waals surface area contributed by atoms with E-state index in [1.165, 1.54) is 7.05 Å². The highest BCUT2D eigenvalue weighted by Gasteiger charge is 2.25. The van der Waals surface area contributed by atoms with Crippen LogP contribution in [0, 0.1) is 5.82 Å². The standard InChI is InChI=1S/C12H16BrFN2O3S/c1-8(2)15-12(17)7-16(3)20(18,19)11-5-4-9(14)6-10(11)13/h4-6,8H,7H2,1-3H3,(H,15,17). The zero-order chi connectivity index (χ0) is 15.5. The third kappa shape index (κ3) is 4.26. The van der Waals surface area contributed by atoms with Gasteiger partial charge in [0.2, 0.25) is 15.9 Å². The van der Waals surface area contributed by atoms with Crippen molar-refractivity contribution in [3.8, 4) is 0 Å². The molecule has 1 amide bonds. The van der Waals surface area contributed by atoms with E-state index in [0.717, 1.165) is 22.5 Å². The van der Waals surface area contributed by atoms with Crippen molar-refractivity contribution >= 4 is 31.9 Å². The van der Waals surface area contributed by atoms with Crippen molar-refractivity contribution < 1.29 is 17.6 Å². The number of rotatable bonds is 5. The third-order valence-corrected chi connectivity index (χ3v) is 5.18. The molecule has 0 aromatic heterocycles. The fourth-order valence-corrected chi connectivity index (χ4v) is 3.64. The van der Waals surface area contributed by atoms with Gasteiger partial charge in [-0.2, -0.15) is 4.31 Å². The van der Waals surface area contributed by atoms with E-state index in [4.69, 9.17) is 0 Å². The van der Waals surface area contributed by atoms with Crippen molar-refractivity contribution in [2.45, 2.75) is 24.8 Å². The number of carbonyl (C=O) groups is 1. The second kappa shape index (κ2) is 6.64. The average molecular weight is 367 g/mol. The van der Waals surface area contributed by atoms with Crippen LogP contribution in [0.2, 0.25) is 0 Å². The summed E-state index contributed by atoms with van der Waals surface area (Å²) >= 11 is 3.01. The molecule has 0 atom stereocenters. The van der Waals surface area contributed by atoms with Gasteiger partial charge in [0, 0.05) is 17.6 Å². The molecular formula is C12H16BrFN2O3S. The fourth-order valence-electron chi connectivity index (χ4n) is 1.51. The molecule has 112 valence electrons. The van der Waals surface area contributed by atoms with E-state index >= 15 is 0 Å². The van der Waals surface area contributed by atoms with Crippen LogP contribution < -0.4 is 5.32 Å². The van der Waals surface area contributed by atoms with E-state index < -0.39 is 21.7 Å². The summed E-state index contributed by atoms with van der Waals surface area (Å²) in [5.74, 6) is -0.944. The Morgan fingerprint density at radius 1 is 1.45 bits per heavy atom. The Morgan fingerprint density at radius 2 is 2.05 bits per heavy atom. The average Bonchev–Trinajstić information content (AvgIpc) is 2.26. The summed E-state index contributed by atoms with van der Waals surface area (Å²) in [6, 6.07) is 3.20. The fraction of sp³-hybridized carbons (Fsp3) is 0.417. The number of amides is 1. The normalized spacial score (nSPS) is 11.9. The van der Waals surface area contributed by atoms with Gasteiger partial charge in [-0.3, -0.25) is 4.79 Å². The van der Waals surface area contributed by atoms with Gasteiger partial charge in [0.05, 0.1) is 11.4 Å². The molecule has 1 rings (SSSR count). The lowest BCUT2D eigenvalue weighted by Gasteiger charge is -2.18. The van der Waals surface area contributed by atoms with Crippen LogP contribution >= 0.6 is 15.9 Å². The Morgan fingerprint density at radius 3 is 2.55 bits per heavy atom. The van der Waals surface area contributed by atoms with Crippen molar-refractivity contribution in [3.63, 3.8) is 0 Å². The van der Waals surface area contributed by atoms with Crippen molar-refractivity contribution in [1.82, 2.24) is 9.62 Å². The molecule has 0 saturated heterocycles.